The van der Waals surface area contributed by atoms with Crippen LogP contribution in [0.4, 0.5) is 0 Å². The van der Waals surface area contributed by atoms with E-state index in [4.69, 9.17) is 9.47 Å². The molecule has 1 N–H and O–H groups in total. The number of unbranched alkanes of at least 4 members (excludes halogenated alkanes) is 18. The summed E-state index contributed by atoms with van der Waals surface area (Å²) in [7, 11) is 0. The van der Waals surface area contributed by atoms with Gasteiger partial charge in [-0.05, 0) is 51.4 Å². The highest BCUT2D eigenvalue weighted by Crippen LogP contribution is 2.14. The molecule has 0 radical (unpaired) electrons. The van der Waals surface area contributed by atoms with Gasteiger partial charge in [0.15, 0.2) is 6.10 Å². The first kappa shape index (κ1) is 43.9. The van der Waals surface area contributed by atoms with Crippen molar-refractivity contribution in [1.82, 2.24) is 0 Å². The van der Waals surface area contributed by atoms with Crippen LogP contribution in [0.15, 0.2) is 48.6 Å². The maximum Gasteiger partial charge on any atom is 0.306 e. The molecule has 0 saturated heterocycles. The highest BCUT2D eigenvalue weighted by atomic mass is 16.6. The zero-order valence-corrected chi connectivity index (χ0v) is 30.1. The SMILES string of the molecule is CC/C=C\C/C=C\C/C=C\C/C=C\CCCCCCC(=O)OC[C@H](CO)OC(=O)CCCCCCCCCCCCCCCCC. The average Bonchev–Trinajstić information content (AvgIpc) is 3.06. The monoisotopic (exact) mass is 645 g/mol. The summed E-state index contributed by atoms with van der Waals surface area (Å²) in [4.78, 5) is 24.2. The van der Waals surface area contributed by atoms with Gasteiger partial charge < -0.3 is 14.6 Å². The van der Waals surface area contributed by atoms with E-state index in [1.807, 2.05) is 0 Å². The van der Waals surface area contributed by atoms with Gasteiger partial charge in [0.1, 0.15) is 6.61 Å². The standard InChI is InChI=1S/C41H72O5/c1-3-5-7-9-11-13-15-17-19-20-22-23-25-27-29-31-33-35-40(43)45-38-39(37-42)46-41(44)36-34-32-30-28-26-24-21-18-16-14-12-10-8-6-4-2/h5,7,11,13,17,19,22-23,39,42H,3-4,6,8-10,12,14-16,18,20-21,24-38H2,1-2H3/b7-5-,13-11-,19-17-,23-22-/t39-/m0/s1. The van der Waals surface area contributed by atoms with Crippen molar-refractivity contribution in [2.75, 3.05) is 13.2 Å². The third-order valence-electron chi connectivity index (χ3n) is 8.14. The molecular formula is C41H72O5. The Labute approximate surface area is 284 Å². The van der Waals surface area contributed by atoms with Gasteiger partial charge in [0.2, 0.25) is 0 Å². The largest absolute Gasteiger partial charge is 0.462 e. The number of aliphatic hydroxyl groups is 1. The molecule has 0 aliphatic rings. The molecule has 0 fully saturated rings. The number of hydrogen-bond donors (Lipinski definition) is 1. The van der Waals surface area contributed by atoms with Crippen molar-refractivity contribution in [3.05, 3.63) is 48.6 Å². The number of hydrogen-bond acceptors (Lipinski definition) is 5. The van der Waals surface area contributed by atoms with Crippen LogP contribution in [-0.4, -0.2) is 36.4 Å². The van der Waals surface area contributed by atoms with Crippen LogP contribution in [0.3, 0.4) is 0 Å². The maximum absolute atomic E-state index is 12.2. The lowest BCUT2D eigenvalue weighted by atomic mass is 10.0. The summed E-state index contributed by atoms with van der Waals surface area (Å²) in [5.74, 6) is -0.617. The second kappa shape index (κ2) is 37.3. The lowest BCUT2D eigenvalue weighted by molar-refractivity contribution is -0.161. The van der Waals surface area contributed by atoms with Crippen molar-refractivity contribution < 1.29 is 24.2 Å². The van der Waals surface area contributed by atoms with E-state index in [0.29, 0.717) is 12.8 Å². The molecule has 0 rings (SSSR count). The van der Waals surface area contributed by atoms with Crippen LogP contribution < -0.4 is 0 Å². The smallest absolute Gasteiger partial charge is 0.306 e. The zero-order chi connectivity index (χ0) is 33.6. The predicted octanol–water partition coefficient (Wildman–Crippen LogP) is 11.8. The van der Waals surface area contributed by atoms with E-state index in [1.54, 1.807) is 0 Å². The van der Waals surface area contributed by atoms with E-state index in [0.717, 1.165) is 77.0 Å². The fourth-order valence-electron chi connectivity index (χ4n) is 5.25. The molecule has 0 aliphatic heterocycles. The Morgan fingerprint density at radius 1 is 0.522 bits per heavy atom. The molecule has 0 amide bonds. The van der Waals surface area contributed by atoms with Gasteiger partial charge in [0.25, 0.3) is 0 Å². The van der Waals surface area contributed by atoms with Crippen LogP contribution in [0.2, 0.25) is 0 Å². The molecule has 0 spiro atoms. The van der Waals surface area contributed by atoms with Gasteiger partial charge in [-0.1, -0.05) is 165 Å². The molecular weight excluding hydrogens is 572 g/mol. The number of carbonyl (C=O) groups excluding carboxylic acids is 2. The van der Waals surface area contributed by atoms with E-state index in [-0.39, 0.29) is 25.2 Å². The number of allylic oxidation sites excluding steroid dienone is 8. The van der Waals surface area contributed by atoms with Gasteiger partial charge in [-0.2, -0.15) is 0 Å². The lowest BCUT2D eigenvalue weighted by Gasteiger charge is -2.15. The Bertz CT molecular complexity index is 782. The Balaban J connectivity index is 3.60. The van der Waals surface area contributed by atoms with Crippen molar-refractivity contribution in [3.63, 3.8) is 0 Å². The van der Waals surface area contributed by atoms with Crippen LogP contribution in [0.5, 0.6) is 0 Å². The summed E-state index contributed by atoms with van der Waals surface area (Å²) in [6.07, 6.45) is 45.9. The Kier molecular flexibility index (Phi) is 35.6. The molecule has 0 aliphatic carbocycles. The summed E-state index contributed by atoms with van der Waals surface area (Å²) in [5.41, 5.74) is 0. The second-order valence-electron chi connectivity index (χ2n) is 12.6. The second-order valence-corrected chi connectivity index (χ2v) is 12.6. The van der Waals surface area contributed by atoms with Gasteiger partial charge in [-0.3, -0.25) is 9.59 Å². The van der Waals surface area contributed by atoms with E-state index >= 15 is 0 Å². The highest BCUT2D eigenvalue weighted by Gasteiger charge is 2.16. The molecule has 1 atom stereocenters. The van der Waals surface area contributed by atoms with Crippen molar-refractivity contribution in [2.24, 2.45) is 0 Å². The van der Waals surface area contributed by atoms with Crippen LogP contribution in [0.1, 0.15) is 181 Å². The number of rotatable bonds is 34. The van der Waals surface area contributed by atoms with Gasteiger partial charge in [0.05, 0.1) is 6.61 Å². The van der Waals surface area contributed by atoms with E-state index in [2.05, 4.69) is 62.5 Å². The van der Waals surface area contributed by atoms with E-state index < -0.39 is 6.10 Å². The zero-order valence-electron chi connectivity index (χ0n) is 30.1. The Hall–Kier alpha value is -2.14. The normalized spacial score (nSPS) is 12.7. The quantitative estimate of drug-likeness (QED) is 0.0429. The van der Waals surface area contributed by atoms with Crippen molar-refractivity contribution in [2.45, 2.75) is 187 Å². The molecule has 0 heterocycles. The molecule has 0 unspecified atom stereocenters. The third kappa shape index (κ3) is 34.7. The molecule has 0 aromatic rings. The lowest BCUT2D eigenvalue weighted by Crippen LogP contribution is -2.28. The van der Waals surface area contributed by atoms with E-state index in [1.165, 1.54) is 77.0 Å². The molecule has 0 aromatic carbocycles. The summed E-state index contributed by atoms with van der Waals surface area (Å²) < 4.78 is 10.6. The Morgan fingerprint density at radius 3 is 1.41 bits per heavy atom. The van der Waals surface area contributed by atoms with Crippen LogP contribution in [-0.2, 0) is 19.1 Å². The fraction of sp³-hybridized carbons (Fsp3) is 0.756. The van der Waals surface area contributed by atoms with Gasteiger partial charge in [-0.15, -0.1) is 0 Å². The van der Waals surface area contributed by atoms with Crippen molar-refractivity contribution >= 4 is 11.9 Å². The number of esters is 2. The first-order valence-corrected chi connectivity index (χ1v) is 19.2. The third-order valence-corrected chi connectivity index (χ3v) is 8.14. The minimum absolute atomic E-state index is 0.0776. The van der Waals surface area contributed by atoms with Crippen molar-refractivity contribution in [3.8, 4) is 0 Å². The first-order chi connectivity index (χ1) is 22.6. The molecule has 0 aromatic heterocycles. The minimum Gasteiger partial charge on any atom is -0.462 e. The predicted molar refractivity (Wildman–Crippen MR) is 196 cm³/mol. The minimum atomic E-state index is -0.779. The number of aliphatic hydroxyl groups excluding tert-OH is 1. The van der Waals surface area contributed by atoms with Gasteiger partial charge in [-0.25, -0.2) is 0 Å². The number of ether oxygens (including phenoxy) is 2. The molecule has 0 bridgehead atoms. The summed E-state index contributed by atoms with van der Waals surface area (Å²) in [5, 5.41) is 9.54. The topological polar surface area (TPSA) is 72.8 Å². The molecule has 0 saturated carbocycles. The summed E-state index contributed by atoms with van der Waals surface area (Å²) >= 11 is 0. The van der Waals surface area contributed by atoms with Crippen LogP contribution in [0, 0.1) is 0 Å². The van der Waals surface area contributed by atoms with Gasteiger partial charge in [0, 0.05) is 12.8 Å². The maximum atomic E-state index is 12.2. The highest BCUT2D eigenvalue weighted by molar-refractivity contribution is 5.70. The van der Waals surface area contributed by atoms with Crippen molar-refractivity contribution in [1.29, 1.82) is 0 Å². The fourth-order valence-corrected chi connectivity index (χ4v) is 5.25. The van der Waals surface area contributed by atoms with Gasteiger partial charge >= 0.3 is 11.9 Å². The van der Waals surface area contributed by atoms with E-state index in [9.17, 15) is 14.7 Å². The van der Waals surface area contributed by atoms with Crippen LogP contribution in [0.25, 0.3) is 0 Å². The molecule has 5 nitrogen and oxygen atoms in total. The molecule has 266 valence electrons. The summed E-state index contributed by atoms with van der Waals surface area (Å²) in [6.45, 7) is 4.00. The van der Waals surface area contributed by atoms with Crippen LogP contribution >= 0.6 is 0 Å². The molecule has 5 heteroatoms. The summed E-state index contributed by atoms with van der Waals surface area (Å²) in [6, 6.07) is 0. The Morgan fingerprint density at radius 2 is 0.935 bits per heavy atom. The first-order valence-electron chi connectivity index (χ1n) is 19.2. The molecule has 46 heavy (non-hydrogen) atoms. The average molecular weight is 645 g/mol. The number of carbonyl (C=O) groups is 2.